The summed E-state index contributed by atoms with van der Waals surface area (Å²) in [6, 6.07) is 12.7. The first-order valence-corrected chi connectivity index (χ1v) is 5.97. The quantitative estimate of drug-likeness (QED) is 0.734. The molecule has 6 heteroatoms. The largest absolute Gasteiger partial charge is 0.493 e. The van der Waals surface area contributed by atoms with E-state index < -0.39 is 0 Å². The fourth-order valence-corrected chi connectivity index (χ4v) is 1.78. The molecule has 20 heavy (non-hydrogen) atoms. The molecule has 0 aliphatic heterocycles. The van der Waals surface area contributed by atoms with E-state index in [1.165, 1.54) is 0 Å². The normalized spacial score (nSPS) is 10.4. The van der Waals surface area contributed by atoms with Crippen LogP contribution in [0.1, 0.15) is 0 Å². The van der Waals surface area contributed by atoms with E-state index in [1.54, 1.807) is 25.3 Å². The van der Waals surface area contributed by atoms with E-state index in [0.717, 1.165) is 0 Å². The lowest BCUT2D eigenvalue weighted by molar-refractivity contribution is 0.367. The number of anilines is 1. The van der Waals surface area contributed by atoms with Crippen molar-refractivity contribution >= 4 is 16.7 Å². The number of fused-ring (bicyclic) bond motifs is 1. The minimum atomic E-state index is 0.146. The molecular formula is C14H12N4O2. The topological polar surface area (TPSA) is 83.2 Å². The Morgan fingerprint density at radius 2 is 1.75 bits per heavy atom. The molecule has 0 aliphatic carbocycles. The molecular weight excluding hydrogens is 256 g/mol. The Bertz CT molecular complexity index is 761. The minimum absolute atomic E-state index is 0.146. The number of para-hydroxylation sites is 1. The maximum Gasteiger partial charge on any atom is 0.341 e. The van der Waals surface area contributed by atoms with Crippen molar-refractivity contribution in [3.05, 3.63) is 42.5 Å². The highest BCUT2D eigenvalue weighted by molar-refractivity contribution is 5.73. The summed E-state index contributed by atoms with van der Waals surface area (Å²) in [7, 11) is 1.55. The molecule has 2 aromatic carbocycles. The number of benzene rings is 2. The molecule has 0 fully saturated rings. The van der Waals surface area contributed by atoms with Crippen molar-refractivity contribution in [3.8, 4) is 17.5 Å². The van der Waals surface area contributed by atoms with E-state index in [0.29, 0.717) is 28.2 Å². The highest BCUT2D eigenvalue weighted by atomic mass is 16.5. The van der Waals surface area contributed by atoms with E-state index in [9.17, 15) is 0 Å². The van der Waals surface area contributed by atoms with Gasteiger partial charge in [-0.1, -0.05) is 17.2 Å². The third kappa shape index (κ3) is 2.31. The fraction of sp³-hybridized carbons (Fsp3) is 0.0714. The first-order valence-electron chi connectivity index (χ1n) is 5.97. The van der Waals surface area contributed by atoms with E-state index in [1.807, 2.05) is 24.3 Å². The van der Waals surface area contributed by atoms with Crippen LogP contribution in [0.4, 0.5) is 5.69 Å². The second-order valence-corrected chi connectivity index (χ2v) is 4.10. The van der Waals surface area contributed by atoms with Crippen molar-refractivity contribution in [1.82, 2.24) is 15.2 Å². The lowest BCUT2D eigenvalue weighted by atomic mass is 10.3. The number of nitrogens with two attached hydrogens (primary N) is 1. The molecule has 0 saturated carbocycles. The van der Waals surface area contributed by atoms with Gasteiger partial charge in [-0.3, -0.25) is 0 Å². The van der Waals surface area contributed by atoms with Crippen molar-refractivity contribution in [2.75, 3.05) is 12.8 Å². The van der Waals surface area contributed by atoms with E-state index in [-0.39, 0.29) is 6.01 Å². The van der Waals surface area contributed by atoms with Crippen molar-refractivity contribution in [2.24, 2.45) is 0 Å². The minimum Gasteiger partial charge on any atom is -0.493 e. The van der Waals surface area contributed by atoms with E-state index in [4.69, 9.17) is 15.2 Å². The highest BCUT2D eigenvalue weighted by Gasteiger charge is 2.09. The van der Waals surface area contributed by atoms with Crippen LogP contribution in [0.25, 0.3) is 11.0 Å². The number of hydrogen-bond donors (Lipinski definition) is 1. The SMILES string of the molecule is COc1ccc(N)cc1Oc1nnc2ccccc2n1. The molecule has 100 valence electrons. The summed E-state index contributed by atoms with van der Waals surface area (Å²) in [4.78, 5) is 4.28. The van der Waals surface area contributed by atoms with E-state index in [2.05, 4.69) is 15.2 Å². The van der Waals surface area contributed by atoms with Gasteiger partial charge in [-0.25, -0.2) is 0 Å². The van der Waals surface area contributed by atoms with Crippen LogP contribution < -0.4 is 15.2 Å². The molecule has 0 aliphatic rings. The molecule has 0 saturated heterocycles. The molecule has 2 N–H and O–H groups in total. The summed E-state index contributed by atoms with van der Waals surface area (Å²) in [5.41, 5.74) is 7.72. The summed E-state index contributed by atoms with van der Waals surface area (Å²) in [6.45, 7) is 0. The summed E-state index contributed by atoms with van der Waals surface area (Å²) >= 11 is 0. The highest BCUT2D eigenvalue weighted by Crippen LogP contribution is 2.31. The molecule has 3 aromatic rings. The van der Waals surface area contributed by atoms with Gasteiger partial charge >= 0.3 is 6.01 Å². The Balaban J connectivity index is 1.98. The first kappa shape index (κ1) is 12.2. The number of ether oxygens (including phenoxy) is 2. The van der Waals surface area contributed by atoms with Gasteiger partial charge in [0.25, 0.3) is 0 Å². The molecule has 0 radical (unpaired) electrons. The lowest BCUT2D eigenvalue weighted by Gasteiger charge is -2.09. The van der Waals surface area contributed by atoms with Gasteiger partial charge in [-0.05, 0) is 24.3 Å². The third-order valence-corrected chi connectivity index (χ3v) is 2.73. The molecule has 0 spiro atoms. The van der Waals surface area contributed by atoms with Gasteiger partial charge in [-0.2, -0.15) is 4.98 Å². The number of methoxy groups -OCH3 is 1. The molecule has 0 bridgehead atoms. The molecule has 6 nitrogen and oxygen atoms in total. The molecule has 0 atom stereocenters. The second kappa shape index (κ2) is 5.00. The monoisotopic (exact) mass is 268 g/mol. The van der Waals surface area contributed by atoms with Crippen molar-refractivity contribution in [1.29, 1.82) is 0 Å². The van der Waals surface area contributed by atoms with E-state index >= 15 is 0 Å². The van der Waals surface area contributed by atoms with Gasteiger partial charge in [0, 0.05) is 11.8 Å². The number of hydrogen-bond acceptors (Lipinski definition) is 6. The van der Waals surface area contributed by atoms with Gasteiger partial charge in [0.15, 0.2) is 11.5 Å². The molecule has 1 aromatic heterocycles. The van der Waals surface area contributed by atoms with Crippen LogP contribution >= 0.6 is 0 Å². The Hall–Kier alpha value is -2.89. The Kier molecular flexibility index (Phi) is 3.04. The van der Waals surface area contributed by atoms with Crippen LogP contribution in [-0.2, 0) is 0 Å². The number of rotatable bonds is 3. The summed E-state index contributed by atoms with van der Waals surface area (Å²) in [6.07, 6.45) is 0. The van der Waals surface area contributed by atoms with Gasteiger partial charge in [0.1, 0.15) is 5.52 Å². The predicted molar refractivity (Wildman–Crippen MR) is 74.8 cm³/mol. The molecule has 3 rings (SSSR count). The van der Waals surface area contributed by atoms with Gasteiger partial charge in [0.05, 0.1) is 12.6 Å². The predicted octanol–water partition coefficient (Wildman–Crippen LogP) is 2.41. The average Bonchev–Trinajstić information content (AvgIpc) is 2.47. The van der Waals surface area contributed by atoms with Crippen LogP contribution in [-0.4, -0.2) is 22.3 Å². The lowest BCUT2D eigenvalue weighted by Crippen LogP contribution is -1.98. The van der Waals surface area contributed by atoms with Crippen LogP contribution in [0, 0.1) is 0 Å². The first-order chi connectivity index (χ1) is 9.76. The Morgan fingerprint density at radius 3 is 2.55 bits per heavy atom. The van der Waals surface area contributed by atoms with Crippen LogP contribution in [0.2, 0.25) is 0 Å². The summed E-state index contributed by atoms with van der Waals surface area (Å²) in [5.74, 6) is 1.00. The Labute approximate surface area is 115 Å². The van der Waals surface area contributed by atoms with Crippen LogP contribution in [0.3, 0.4) is 0 Å². The van der Waals surface area contributed by atoms with Crippen LogP contribution in [0.15, 0.2) is 42.5 Å². The maximum atomic E-state index is 5.73. The summed E-state index contributed by atoms with van der Waals surface area (Å²) in [5, 5.41) is 7.97. The number of nitrogen functional groups attached to an aromatic ring is 1. The van der Waals surface area contributed by atoms with Crippen LogP contribution in [0.5, 0.6) is 17.5 Å². The fourth-order valence-electron chi connectivity index (χ4n) is 1.78. The summed E-state index contributed by atoms with van der Waals surface area (Å²) < 4.78 is 10.8. The van der Waals surface area contributed by atoms with Gasteiger partial charge in [0.2, 0.25) is 0 Å². The zero-order valence-corrected chi connectivity index (χ0v) is 10.8. The maximum absolute atomic E-state index is 5.73. The zero-order chi connectivity index (χ0) is 13.9. The van der Waals surface area contributed by atoms with Gasteiger partial charge in [-0.15, -0.1) is 5.10 Å². The Morgan fingerprint density at radius 1 is 0.950 bits per heavy atom. The zero-order valence-electron chi connectivity index (χ0n) is 10.8. The molecule has 0 amide bonds. The van der Waals surface area contributed by atoms with Gasteiger partial charge < -0.3 is 15.2 Å². The number of aromatic nitrogens is 3. The third-order valence-electron chi connectivity index (χ3n) is 2.73. The smallest absolute Gasteiger partial charge is 0.341 e. The van der Waals surface area contributed by atoms with Crippen molar-refractivity contribution in [3.63, 3.8) is 0 Å². The number of nitrogens with zero attached hydrogens (tertiary/aromatic N) is 3. The average molecular weight is 268 g/mol. The van der Waals surface area contributed by atoms with Crippen molar-refractivity contribution < 1.29 is 9.47 Å². The van der Waals surface area contributed by atoms with Crippen molar-refractivity contribution in [2.45, 2.75) is 0 Å². The standard InChI is InChI=1S/C14H12N4O2/c1-19-12-7-6-9(15)8-13(12)20-14-16-10-4-2-3-5-11(10)17-18-14/h2-8H,15H2,1H3. The molecule has 0 unspecified atom stereocenters. The molecule has 1 heterocycles. The second-order valence-electron chi connectivity index (χ2n) is 4.10.